The lowest BCUT2D eigenvalue weighted by atomic mass is 9.85. The van der Waals surface area contributed by atoms with Gasteiger partial charge in [0.15, 0.2) is 0 Å². The number of nitrogens with two attached hydrogens (primary N) is 1. The molecule has 16 heavy (non-hydrogen) atoms. The van der Waals surface area contributed by atoms with Crippen molar-refractivity contribution in [2.45, 2.75) is 59.8 Å². The molecular weight excluding hydrogens is 198 g/mol. The van der Waals surface area contributed by atoms with E-state index in [9.17, 15) is 4.79 Å². The summed E-state index contributed by atoms with van der Waals surface area (Å²) < 4.78 is 0. The number of primary amides is 1. The molecule has 0 aliphatic rings. The topological polar surface area (TPSA) is 43.1 Å². The summed E-state index contributed by atoms with van der Waals surface area (Å²) in [5, 5.41) is 0. The second-order valence-electron chi connectivity index (χ2n) is 4.99. The summed E-state index contributed by atoms with van der Waals surface area (Å²) >= 11 is 0. The molecule has 0 radical (unpaired) electrons. The quantitative estimate of drug-likeness (QED) is 0.629. The third kappa shape index (κ3) is 6.65. The molecule has 0 aromatic carbocycles. The summed E-state index contributed by atoms with van der Waals surface area (Å²) in [5.74, 6) is 0.336. The summed E-state index contributed by atoms with van der Waals surface area (Å²) in [6.07, 6.45) is 7.52. The molecule has 0 saturated heterocycles. The van der Waals surface area contributed by atoms with Crippen LogP contribution in [0.4, 0.5) is 0 Å². The van der Waals surface area contributed by atoms with Crippen molar-refractivity contribution in [2.24, 2.45) is 17.6 Å². The van der Waals surface area contributed by atoms with Gasteiger partial charge in [-0.3, -0.25) is 4.79 Å². The van der Waals surface area contributed by atoms with E-state index in [4.69, 9.17) is 5.73 Å². The second kappa shape index (κ2) is 8.37. The average molecular weight is 225 g/mol. The summed E-state index contributed by atoms with van der Waals surface area (Å²) in [5.41, 5.74) is 6.80. The molecule has 0 aromatic rings. The smallest absolute Gasteiger partial charge is 0.220 e. The summed E-state index contributed by atoms with van der Waals surface area (Å²) in [6, 6.07) is 0. The van der Waals surface area contributed by atoms with Crippen molar-refractivity contribution < 1.29 is 4.79 Å². The number of hydrogen-bond donors (Lipinski definition) is 1. The van der Waals surface area contributed by atoms with Crippen LogP contribution in [0.25, 0.3) is 0 Å². The summed E-state index contributed by atoms with van der Waals surface area (Å²) in [7, 11) is 0. The molecule has 0 saturated carbocycles. The fourth-order valence-electron chi connectivity index (χ4n) is 1.97. The number of hydrogen-bond acceptors (Lipinski definition) is 1. The molecule has 0 aliphatic heterocycles. The minimum Gasteiger partial charge on any atom is -0.369 e. The minimum atomic E-state index is -0.127. The van der Waals surface area contributed by atoms with E-state index in [1.165, 1.54) is 5.57 Å². The van der Waals surface area contributed by atoms with E-state index in [0.29, 0.717) is 5.92 Å². The molecule has 0 spiro atoms. The maximum atomic E-state index is 11.4. The Bertz CT molecular complexity index is 229. The van der Waals surface area contributed by atoms with Crippen LogP contribution in [-0.2, 0) is 4.79 Å². The van der Waals surface area contributed by atoms with Crippen LogP contribution in [0.2, 0.25) is 0 Å². The van der Waals surface area contributed by atoms with Crippen LogP contribution in [0.3, 0.4) is 0 Å². The van der Waals surface area contributed by atoms with Crippen molar-refractivity contribution in [3.8, 4) is 0 Å². The summed E-state index contributed by atoms with van der Waals surface area (Å²) in [4.78, 5) is 11.4. The van der Waals surface area contributed by atoms with Gasteiger partial charge in [0.25, 0.3) is 0 Å². The van der Waals surface area contributed by atoms with Crippen LogP contribution in [0, 0.1) is 11.8 Å². The monoisotopic (exact) mass is 225 g/mol. The highest BCUT2D eigenvalue weighted by atomic mass is 16.1. The molecule has 2 nitrogen and oxygen atoms in total. The van der Waals surface area contributed by atoms with Crippen molar-refractivity contribution in [1.29, 1.82) is 0 Å². The number of amides is 1. The largest absolute Gasteiger partial charge is 0.369 e. The highest BCUT2D eigenvalue weighted by Gasteiger charge is 2.21. The van der Waals surface area contributed by atoms with Crippen LogP contribution < -0.4 is 5.73 Å². The van der Waals surface area contributed by atoms with Gasteiger partial charge >= 0.3 is 0 Å². The van der Waals surface area contributed by atoms with Crippen molar-refractivity contribution in [3.63, 3.8) is 0 Å². The number of allylic oxidation sites excluding steroid dienone is 2. The summed E-state index contributed by atoms with van der Waals surface area (Å²) in [6.45, 7) is 8.50. The molecule has 1 amide bonds. The van der Waals surface area contributed by atoms with Gasteiger partial charge in [0.2, 0.25) is 5.91 Å². The van der Waals surface area contributed by atoms with Gasteiger partial charge in [0.1, 0.15) is 0 Å². The molecule has 2 atom stereocenters. The zero-order valence-corrected chi connectivity index (χ0v) is 11.3. The van der Waals surface area contributed by atoms with E-state index in [1.54, 1.807) is 0 Å². The normalized spacial score (nSPS) is 14.2. The van der Waals surface area contributed by atoms with Crippen LogP contribution in [0.1, 0.15) is 59.8 Å². The Morgan fingerprint density at radius 3 is 2.38 bits per heavy atom. The zero-order chi connectivity index (χ0) is 12.6. The van der Waals surface area contributed by atoms with E-state index < -0.39 is 0 Å². The Balaban J connectivity index is 4.11. The molecular formula is C14H27NO. The van der Waals surface area contributed by atoms with Crippen LogP contribution >= 0.6 is 0 Å². The third-order valence-corrected chi connectivity index (χ3v) is 3.10. The Morgan fingerprint density at radius 1 is 1.31 bits per heavy atom. The lowest BCUT2D eigenvalue weighted by Crippen LogP contribution is -2.28. The number of carbonyl (C=O) groups excluding carboxylic acids is 1. The van der Waals surface area contributed by atoms with E-state index in [-0.39, 0.29) is 11.8 Å². The first-order valence-corrected chi connectivity index (χ1v) is 6.41. The van der Waals surface area contributed by atoms with Crippen molar-refractivity contribution in [3.05, 3.63) is 11.6 Å². The standard InChI is InChI=1S/C14H27NO/c1-5-6-10-13(14(15)16)12(4)9-7-8-11(2)3/h8,12-13H,5-7,9-10H2,1-4H3,(H2,15,16)/t12-,13?/m1/s1. The molecule has 0 rings (SSSR count). The van der Waals surface area contributed by atoms with E-state index >= 15 is 0 Å². The minimum absolute atomic E-state index is 0.0607. The number of unbranched alkanes of at least 4 members (excludes halogenated alkanes) is 1. The van der Waals surface area contributed by atoms with Crippen molar-refractivity contribution >= 4 is 5.91 Å². The molecule has 0 aromatic heterocycles. The highest BCUT2D eigenvalue weighted by Crippen LogP contribution is 2.23. The Morgan fingerprint density at radius 2 is 1.94 bits per heavy atom. The van der Waals surface area contributed by atoms with Crippen LogP contribution in [0.5, 0.6) is 0 Å². The molecule has 0 heterocycles. The highest BCUT2D eigenvalue weighted by molar-refractivity contribution is 5.76. The maximum absolute atomic E-state index is 11.4. The average Bonchev–Trinajstić information content (AvgIpc) is 2.17. The molecule has 1 unspecified atom stereocenters. The van der Waals surface area contributed by atoms with Crippen LogP contribution in [-0.4, -0.2) is 5.91 Å². The Kier molecular flexibility index (Phi) is 7.96. The number of carbonyl (C=O) groups is 1. The van der Waals surface area contributed by atoms with Gasteiger partial charge in [-0.1, -0.05) is 38.3 Å². The molecule has 0 bridgehead atoms. The number of rotatable bonds is 8. The van der Waals surface area contributed by atoms with Gasteiger partial charge < -0.3 is 5.73 Å². The van der Waals surface area contributed by atoms with Crippen molar-refractivity contribution in [1.82, 2.24) is 0 Å². The first kappa shape index (κ1) is 15.2. The predicted molar refractivity (Wildman–Crippen MR) is 70.0 cm³/mol. The van der Waals surface area contributed by atoms with Gasteiger partial charge in [0.05, 0.1) is 0 Å². The van der Waals surface area contributed by atoms with E-state index in [2.05, 4.69) is 33.8 Å². The van der Waals surface area contributed by atoms with Gasteiger partial charge in [-0.25, -0.2) is 0 Å². The lowest BCUT2D eigenvalue weighted by molar-refractivity contribution is -0.123. The van der Waals surface area contributed by atoms with Crippen molar-refractivity contribution in [2.75, 3.05) is 0 Å². The van der Waals surface area contributed by atoms with Gasteiger partial charge in [-0.2, -0.15) is 0 Å². The Hall–Kier alpha value is -0.790. The molecule has 2 N–H and O–H groups in total. The molecule has 0 aliphatic carbocycles. The fraction of sp³-hybridized carbons (Fsp3) is 0.786. The zero-order valence-electron chi connectivity index (χ0n) is 11.3. The second-order valence-corrected chi connectivity index (χ2v) is 4.99. The van der Waals surface area contributed by atoms with Gasteiger partial charge in [0, 0.05) is 5.92 Å². The predicted octanol–water partition coefficient (Wildman–Crippen LogP) is 3.66. The van der Waals surface area contributed by atoms with Gasteiger partial charge in [-0.05, 0) is 39.0 Å². The molecule has 2 heteroatoms. The van der Waals surface area contributed by atoms with E-state index in [1.807, 2.05) is 0 Å². The third-order valence-electron chi connectivity index (χ3n) is 3.10. The SMILES string of the molecule is CCCCC(C(N)=O)[C@H](C)CCC=C(C)C. The molecule has 0 fully saturated rings. The van der Waals surface area contributed by atoms with Gasteiger partial charge in [-0.15, -0.1) is 0 Å². The molecule has 94 valence electrons. The Labute approximate surface area is 100 Å². The lowest BCUT2D eigenvalue weighted by Gasteiger charge is -2.20. The maximum Gasteiger partial charge on any atom is 0.220 e. The first-order valence-electron chi connectivity index (χ1n) is 6.41. The van der Waals surface area contributed by atoms with Crippen LogP contribution in [0.15, 0.2) is 11.6 Å². The van der Waals surface area contributed by atoms with E-state index in [0.717, 1.165) is 32.1 Å². The first-order chi connectivity index (χ1) is 7.49. The fourth-order valence-corrected chi connectivity index (χ4v) is 1.97.